The summed E-state index contributed by atoms with van der Waals surface area (Å²) in [5.41, 5.74) is 4.17. The Bertz CT molecular complexity index is 103. The fourth-order valence-electron chi connectivity index (χ4n) is 1.39. The van der Waals surface area contributed by atoms with E-state index in [2.05, 4.69) is 0 Å². The maximum absolute atomic E-state index is 13.8. The van der Waals surface area contributed by atoms with Gasteiger partial charge >= 0.3 is 0 Å². The van der Waals surface area contributed by atoms with Crippen LogP contribution in [0, 0.1) is 0 Å². The number of nitrogens with two attached hydrogens (primary N) is 1. The topological polar surface area (TPSA) is 35.2 Å². The van der Waals surface area contributed by atoms with Gasteiger partial charge in [-0.1, -0.05) is 13.3 Å². The maximum Gasteiger partial charge on any atom is 0.134 e. The minimum absolute atomic E-state index is 0.195. The van der Waals surface area contributed by atoms with Gasteiger partial charge in [0, 0.05) is 7.11 Å². The Kier molecular flexibility index (Phi) is 6.30. The fourth-order valence-corrected chi connectivity index (χ4v) is 1.39. The zero-order valence-electron chi connectivity index (χ0n) is 8.11. The van der Waals surface area contributed by atoms with Gasteiger partial charge < -0.3 is 10.5 Å². The quantitative estimate of drug-likeness (QED) is 0.644. The third kappa shape index (κ3) is 4.67. The van der Waals surface area contributed by atoms with E-state index in [0.717, 1.165) is 12.8 Å². The number of ether oxygens (including phenoxy) is 1. The van der Waals surface area contributed by atoms with Gasteiger partial charge in [-0.05, 0) is 25.8 Å². The minimum atomic E-state index is -1.15. The molecule has 3 heteroatoms. The number of alkyl halides is 1. The van der Waals surface area contributed by atoms with Gasteiger partial charge in [-0.2, -0.15) is 0 Å². The number of halogens is 1. The predicted molar refractivity (Wildman–Crippen MR) is 48.9 cm³/mol. The number of hydrogen-bond donors (Lipinski definition) is 1. The van der Waals surface area contributed by atoms with Crippen LogP contribution in [0.4, 0.5) is 4.39 Å². The first kappa shape index (κ1) is 11.8. The molecular weight excluding hydrogens is 157 g/mol. The molecule has 0 rings (SSSR count). The molecule has 0 aromatic carbocycles. The molecule has 0 amide bonds. The van der Waals surface area contributed by atoms with Crippen LogP contribution in [0.15, 0.2) is 0 Å². The summed E-state index contributed by atoms with van der Waals surface area (Å²) in [6.07, 6.45) is 2.68. The Labute approximate surface area is 74.3 Å². The first-order valence-corrected chi connectivity index (χ1v) is 4.56. The summed E-state index contributed by atoms with van der Waals surface area (Å²) in [4.78, 5) is 0. The lowest BCUT2D eigenvalue weighted by atomic mass is 9.95. The third-order valence-electron chi connectivity index (χ3n) is 1.93. The van der Waals surface area contributed by atoms with E-state index >= 15 is 0 Å². The van der Waals surface area contributed by atoms with Crippen molar-refractivity contribution in [1.29, 1.82) is 0 Å². The van der Waals surface area contributed by atoms with Crippen LogP contribution in [0.1, 0.15) is 32.6 Å². The summed E-state index contributed by atoms with van der Waals surface area (Å²) < 4.78 is 18.6. The van der Waals surface area contributed by atoms with Crippen LogP contribution in [0.5, 0.6) is 0 Å². The Morgan fingerprint density at radius 2 is 2.08 bits per heavy atom. The van der Waals surface area contributed by atoms with Gasteiger partial charge in [0.05, 0.1) is 6.61 Å². The molecule has 0 saturated carbocycles. The van der Waals surface area contributed by atoms with E-state index in [-0.39, 0.29) is 6.61 Å². The van der Waals surface area contributed by atoms with Crippen LogP contribution >= 0.6 is 0 Å². The van der Waals surface area contributed by atoms with Crippen LogP contribution in [-0.4, -0.2) is 25.9 Å². The summed E-state index contributed by atoms with van der Waals surface area (Å²) in [5.74, 6) is 0. The summed E-state index contributed by atoms with van der Waals surface area (Å²) >= 11 is 0. The van der Waals surface area contributed by atoms with Gasteiger partial charge in [0.2, 0.25) is 0 Å². The van der Waals surface area contributed by atoms with Crippen molar-refractivity contribution in [2.45, 2.75) is 38.3 Å². The average Bonchev–Trinajstić information content (AvgIpc) is 2.02. The molecule has 0 fully saturated rings. The normalized spacial score (nSPS) is 16.0. The fraction of sp³-hybridized carbons (Fsp3) is 1.00. The molecule has 0 aliphatic carbocycles. The lowest BCUT2D eigenvalue weighted by Gasteiger charge is -2.23. The van der Waals surface area contributed by atoms with Crippen molar-refractivity contribution in [3.8, 4) is 0 Å². The highest BCUT2D eigenvalue weighted by atomic mass is 19.1. The molecule has 2 nitrogen and oxygen atoms in total. The first-order valence-electron chi connectivity index (χ1n) is 4.56. The molecule has 12 heavy (non-hydrogen) atoms. The Balaban J connectivity index is 3.80. The monoisotopic (exact) mass is 177 g/mol. The van der Waals surface area contributed by atoms with E-state index in [0.29, 0.717) is 19.4 Å². The Hall–Kier alpha value is -0.150. The molecule has 0 aromatic heterocycles. The largest absolute Gasteiger partial charge is 0.381 e. The molecule has 1 unspecified atom stereocenters. The van der Waals surface area contributed by atoms with E-state index in [1.807, 2.05) is 6.92 Å². The van der Waals surface area contributed by atoms with Gasteiger partial charge in [0.1, 0.15) is 5.67 Å². The molecule has 0 saturated heterocycles. The van der Waals surface area contributed by atoms with Crippen LogP contribution in [0.25, 0.3) is 0 Å². The Morgan fingerprint density at radius 1 is 1.42 bits per heavy atom. The summed E-state index contributed by atoms with van der Waals surface area (Å²) in [7, 11) is 1.53. The van der Waals surface area contributed by atoms with E-state index < -0.39 is 5.67 Å². The first-order chi connectivity index (χ1) is 5.68. The van der Waals surface area contributed by atoms with E-state index in [1.54, 1.807) is 0 Å². The van der Waals surface area contributed by atoms with Crippen LogP contribution in [-0.2, 0) is 4.74 Å². The van der Waals surface area contributed by atoms with E-state index in [9.17, 15) is 4.39 Å². The molecule has 1 atom stereocenters. The van der Waals surface area contributed by atoms with Gasteiger partial charge in [-0.25, -0.2) is 4.39 Å². The summed E-state index contributed by atoms with van der Waals surface area (Å²) in [5, 5.41) is 0. The zero-order chi connectivity index (χ0) is 9.45. The van der Waals surface area contributed by atoms with Gasteiger partial charge in [-0.15, -0.1) is 0 Å². The van der Waals surface area contributed by atoms with Crippen molar-refractivity contribution in [3.63, 3.8) is 0 Å². The zero-order valence-corrected chi connectivity index (χ0v) is 8.11. The van der Waals surface area contributed by atoms with Gasteiger partial charge in [-0.3, -0.25) is 0 Å². The van der Waals surface area contributed by atoms with Crippen LogP contribution in [0.2, 0.25) is 0 Å². The second-order valence-electron chi connectivity index (χ2n) is 3.23. The molecule has 0 aliphatic rings. The second kappa shape index (κ2) is 6.38. The van der Waals surface area contributed by atoms with Crippen molar-refractivity contribution in [2.24, 2.45) is 5.73 Å². The highest BCUT2D eigenvalue weighted by Gasteiger charge is 2.27. The summed E-state index contributed by atoms with van der Waals surface area (Å²) in [6, 6.07) is 0. The van der Waals surface area contributed by atoms with Gasteiger partial charge in [0.15, 0.2) is 0 Å². The SMILES string of the molecule is CCCC(F)(CCCN)COC. The molecular formula is C9H20FNO. The minimum Gasteiger partial charge on any atom is -0.381 e. The highest BCUT2D eigenvalue weighted by molar-refractivity contribution is 4.78. The number of hydrogen-bond acceptors (Lipinski definition) is 2. The van der Waals surface area contributed by atoms with E-state index in [4.69, 9.17) is 10.5 Å². The second-order valence-corrected chi connectivity index (χ2v) is 3.23. The van der Waals surface area contributed by atoms with Crippen LogP contribution < -0.4 is 5.73 Å². The van der Waals surface area contributed by atoms with Crippen molar-refractivity contribution in [2.75, 3.05) is 20.3 Å². The van der Waals surface area contributed by atoms with E-state index in [1.165, 1.54) is 7.11 Å². The third-order valence-corrected chi connectivity index (χ3v) is 1.93. The average molecular weight is 177 g/mol. The van der Waals surface area contributed by atoms with Crippen molar-refractivity contribution in [3.05, 3.63) is 0 Å². The standard InChI is InChI=1S/C9H20FNO/c1-3-5-9(10,8-12-2)6-4-7-11/h3-8,11H2,1-2H3. The molecule has 0 aromatic rings. The molecule has 0 spiro atoms. The number of methoxy groups -OCH3 is 1. The smallest absolute Gasteiger partial charge is 0.134 e. The van der Waals surface area contributed by atoms with Crippen molar-refractivity contribution in [1.82, 2.24) is 0 Å². The van der Waals surface area contributed by atoms with Gasteiger partial charge in [0.25, 0.3) is 0 Å². The molecule has 2 N–H and O–H groups in total. The maximum atomic E-state index is 13.8. The van der Waals surface area contributed by atoms with Crippen molar-refractivity contribution >= 4 is 0 Å². The highest BCUT2D eigenvalue weighted by Crippen LogP contribution is 2.24. The molecule has 0 bridgehead atoms. The molecule has 0 aliphatic heterocycles. The van der Waals surface area contributed by atoms with Crippen LogP contribution in [0.3, 0.4) is 0 Å². The van der Waals surface area contributed by atoms with Crippen molar-refractivity contribution < 1.29 is 9.13 Å². The lowest BCUT2D eigenvalue weighted by molar-refractivity contribution is 0.0262. The molecule has 74 valence electrons. The predicted octanol–water partition coefficient (Wildman–Crippen LogP) is 1.88. The summed E-state index contributed by atoms with van der Waals surface area (Å²) in [6.45, 7) is 2.73. The number of rotatable bonds is 7. The Morgan fingerprint density at radius 3 is 2.50 bits per heavy atom. The lowest BCUT2D eigenvalue weighted by Crippen LogP contribution is -2.29. The molecule has 0 heterocycles. The molecule has 0 radical (unpaired) electrons.